The average molecular weight is 333 g/mol. The van der Waals surface area contributed by atoms with Gasteiger partial charge in [-0.3, -0.25) is 9.59 Å². The molecule has 3 rings (SSSR count). The number of nitrogens with zero attached hydrogens (tertiary/aromatic N) is 1. The lowest BCUT2D eigenvalue weighted by Gasteiger charge is -2.32. The third-order valence-electron chi connectivity index (χ3n) is 4.04. The van der Waals surface area contributed by atoms with Crippen molar-refractivity contribution < 1.29 is 28.9 Å². The summed E-state index contributed by atoms with van der Waals surface area (Å²) >= 11 is 0. The number of rotatable bonds is 5. The Labute approximate surface area is 139 Å². The molecule has 2 heterocycles. The summed E-state index contributed by atoms with van der Waals surface area (Å²) in [5.74, 6) is -0.0297. The van der Waals surface area contributed by atoms with E-state index in [4.69, 9.17) is 19.3 Å². The van der Waals surface area contributed by atoms with Gasteiger partial charge in [-0.25, -0.2) is 0 Å². The molecule has 1 fully saturated rings. The van der Waals surface area contributed by atoms with Crippen LogP contribution in [-0.4, -0.2) is 54.5 Å². The van der Waals surface area contributed by atoms with E-state index >= 15 is 0 Å². The number of fused-ring (bicyclic) bond motifs is 1. The Morgan fingerprint density at radius 1 is 1.21 bits per heavy atom. The molecule has 0 aromatic heterocycles. The molecule has 1 amide bonds. The highest BCUT2D eigenvalue weighted by Gasteiger charge is 2.26. The maximum Gasteiger partial charge on any atom is 0.323 e. The molecule has 1 saturated heterocycles. The van der Waals surface area contributed by atoms with Crippen molar-refractivity contribution in [1.29, 1.82) is 0 Å². The van der Waals surface area contributed by atoms with E-state index in [9.17, 15) is 9.59 Å². The second-order valence-electron chi connectivity index (χ2n) is 5.65. The number of ether oxygens (including phenoxy) is 3. The topological polar surface area (TPSA) is 85.3 Å². The number of hydrogen-bond acceptors (Lipinski definition) is 5. The first-order chi connectivity index (χ1) is 11.6. The normalized spacial score (nSPS) is 17.2. The van der Waals surface area contributed by atoms with E-state index in [0.29, 0.717) is 37.6 Å². The van der Waals surface area contributed by atoms with E-state index in [2.05, 4.69) is 0 Å². The predicted octanol–water partition coefficient (Wildman–Crippen LogP) is 1.52. The number of aliphatic carboxylic acids is 1. The van der Waals surface area contributed by atoms with Gasteiger partial charge in [0, 0.05) is 25.3 Å². The molecule has 7 nitrogen and oxygen atoms in total. The van der Waals surface area contributed by atoms with Gasteiger partial charge in [0.05, 0.1) is 0 Å². The second-order valence-corrected chi connectivity index (χ2v) is 5.65. The zero-order valence-electron chi connectivity index (χ0n) is 13.1. The lowest BCUT2D eigenvalue weighted by atomic mass is 10.1. The predicted molar refractivity (Wildman–Crippen MR) is 84.8 cm³/mol. The minimum absolute atomic E-state index is 0.108. The van der Waals surface area contributed by atoms with Gasteiger partial charge in [-0.15, -0.1) is 0 Å². The largest absolute Gasteiger partial charge is 0.480 e. The van der Waals surface area contributed by atoms with Crippen LogP contribution in [-0.2, 0) is 14.3 Å². The fourth-order valence-electron chi connectivity index (χ4n) is 2.81. The van der Waals surface area contributed by atoms with E-state index in [0.717, 1.165) is 5.56 Å². The fraction of sp³-hybridized carbons (Fsp3) is 0.412. The van der Waals surface area contributed by atoms with E-state index in [-0.39, 0.29) is 25.3 Å². The van der Waals surface area contributed by atoms with Gasteiger partial charge in [-0.1, -0.05) is 6.07 Å². The van der Waals surface area contributed by atoms with Crippen LogP contribution in [0.5, 0.6) is 11.5 Å². The number of amides is 1. The minimum atomic E-state index is -1.02. The molecule has 0 radical (unpaired) electrons. The summed E-state index contributed by atoms with van der Waals surface area (Å²) in [6.45, 7) is 0.965. The molecule has 0 aliphatic carbocycles. The third kappa shape index (κ3) is 3.86. The number of hydrogen-bond donors (Lipinski definition) is 1. The van der Waals surface area contributed by atoms with E-state index < -0.39 is 5.97 Å². The van der Waals surface area contributed by atoms with E-state index in [1.54, 1.807) is 18.2 Å². The first-order valence-corrected chi connectivity index (χ1v) is 7.81. The van der Waals surface area contributed by atoms with Crippen LogP contribution < -0.4 is 9.47 Å². The molecular formula is C17H19NO6. The number of carbonyl (C=O) groups is 2. The Bertz CT molecular complexity index is 650. The van der Waals surface area contributed by atoms with Gasteiger partial charge in [0.15, 0.2) is 11.5 Å². The lowest BCUT2D eigenvalue weighted by molar-refractivity contribution is -0.145. The van der Waals surface area contributed by atoms with Crippen molar-refractivity contribution in [3.8, 4) is 11.5 Å². The smallest absolute Gasteiger partial charge is 0.323 e. The molecule has 0 atom stereocenters. The van der Waals surface area contributed by atoms with E-state index in [1.165, 1.54) is 11.0 Å². The fourth-order valence-corrected chi connectivity index (χ4v) is 2.81. The Hall–Kier alpha value is -2.54. The van der Waals surface area contributed by atoms with Gasteiger partial charge in [0.25, 0.3) is 0 Å². The molecule has 1 aromatic carbocycles. The van der Waals surface area contributed by atoms with Crippen LogP contribution in [0.15, 0.2) is 24.3 Å². The zero-order valence-corrected chi connectivity index (χ0v) is 13.1. The molecule has 24 heavy (non-hydrogen) atoms. The maximum absolute atomic E-state index is 12.5. The minimum Gasteiger partial charge on any atom is -0.480 e. The highest BCUT2D eigenvalue weighted by atomic mass is 16.7. The van der Waals surface area contributed by atoms with Gasteiger partial charge >= 0.3 is 5.97 Å². The summed E-state index contributed by atoms with van der Waals surface area (Å²) in [4.78, 5) is 24.9. The Morgan fingerprint density at radius 2 is 1.96 bits per heavy atom. The molecular weight excluding hydrogens is 314 g/mol. The Kier molecular flexibility index (Phi) is 5.00. The molecule has 128 valence electrons. The van der Waals surface area contributed by atoms with Crippen molar-refractivity contribution in [1.82, 2.24) is 4.90 Å². The zero-order chi connectivity index (χ0) is 16.9. The summed E-state index contributed by atoms with van der Waals surface area (Å²) in [5, 5.41) is 9.07. The highest BCUT2D eigenvalue weighted by molar-refractivity contribution is 5.93. The molecule has 0 saturated carbocycles. The summed E-state index contributed by atoms with van der Waals surface area (Å²) < 4.78 is 15.8. The van der Waals surface area contributed by atoms with Crippen LogP contribution in [0.3, 0.4) is 0 Å². The van der Waals surface area contributed by atoms with Gasteiger partial charge in [0.2, 0.25) is 12.7 Å². The standard InChI is InChI=1S/C17H19NO6/c19-16(18(10-17(20)21)13-5-7-22-8-6-13)4-2-12-1-3-14-15(9-12)24-11-23-14/h1-4,9,13H,5-8,10-11H2,(H,20,21)/b4-2+. The molecule has 2 aliphatic rings. The van der Waals surface area contributed by atoms with Crippen LogP contribution in [0.1, 0.15) is 18.4 Å². The van der Waals surface area contributed by atoms with Crippen molar-refractivity contribution in [3.63, 3.8) is 0 Å². The Balaban J connectivity index is 1.70. The van der Waals surface area contributed by atoms with Crippen LogP contribution in [0, 0.1) is 0 Å². The maximum atomic E-state index is 12.5. The van der Waals surface area contributed by atoms with Gasteiger partial charge in [0.1, 0.15) is 6.54 Å². The lowest BCUT2D eigenvalue weighted by Crippen LogP contribution is -2.45. The summed E-state index contributed by atoms with van der Waals surface area (Å²) in [6, 6.07) is 5.26. The monoisotopic (exact) mass is 333 g/mol. The average Bonchev–Trinajstić information content (AvgIpc) is 3.06. The molecule has 1 N–H and O–H groups in total. The summed E-state index contributed by atoms with van der Waals surface area (Å²) in [7, 11) is 0. The first-order valence-electron chi connectivity index (χ1n) is 7.81. The molecule has 0 bridgehead atoms. The molecule has 2 aliphatic heterocycles. The van der Waals surface area contributed by atoms with Crippen molar-refractivity contribution in [2.45, 2.75) is 18.9 Å². The molecule has 0 unspecified atom stereocenters. The van der Waals surface area contributed by atoms with Crippen LogP contribution in [0.2, 0.25) is 0 Å². The SMILES string of the molecule is O=C(O)CN(C(=O)/C=C/c1ccc2c(c1)OCO2)C1CCOCC1. The quantitative estimate of drug-likeness (QED) is 0.823. The third-order valence-corrected chi connectivity index (χ3v) is 4.04. The van der Waals surface area contributed by atoms with Gasteiger partial charge in [-0.2, -0.15) is 0 Å². The number of carboxylic acids is 1. The van der Waals surface area contributed by atoms with Crippen LogP contribution >= 0.6 is 0 Å². The number of carboxylic acid groups (broad SMARTS) is 1. The summed E-state index contributed by atoms with van der Waals surface area (Å²) in [5.41, 5.74) is 0.787. The molecule has 0 spiro atoms. The van der Waals surface area contributed by atoms with Crippen molar-refractivity contribution in [2.24, 2.45) is 0 Å². The number of benzene rings is 1. The van der Waals surface area contributed by atoms with Crippen molar-refractivity contribution in [3.05, 3.63) is 29.8 Å². The highest BCUT2D eigenvalue weighted by Crippen LogP contribution is 2.32. The first kappa shape index (κ1) is 16.3. The van der Waals surface area contributed by atoms with Crippen molar-refractivity contribution >= 4 is 18.0 Å². The molecule has 1 aromatic rings. The molecule has 7 heteroatoms. The Morgan fingerprint density at radius 3 is 2.71 bits per heavy atom. The van der Waals surface area contributed by atoms with Gasteiger partial charge < -0.3 is 24.2 Å². The number of carbonyl (C=O) groups excluding carboxylic acids is 1. The summed E-state index contributed by atoms with van der Waals surface area (Å²) in [6.07, 6.45) is 4.35. The van der Waals surface area contributed by atoms with E-state index in [1.807, 2.05) is 6.07 Å². The van der Waals surface area contributed by atoms with Crippen LogP contribution in [0.4, 0.5) is 0 Å². The van der Waals surface area contributed by atoms with Crippen LogP contribution in [0.25, 0.3) is 6.08 Å². The second kappa shape index (κ2) is 7.35. The van der Waals surface area contributed by atoms with Crippen molar-refractivity contribution in [2.75, 3.05) is 26.6 Å². The van der Waals surface area contributed by atoms with Gasteiger partial charge in [-0.05, 0) is 36.6 Å².